The summed E-state index contributed by atoms with van der Waals surface area (Å²) >= 11 is 0. The molecular weight excluding hydrogens is 447 g/mol. The molecule has 0 fully saturated rings. The molecule has 1 aliphatic rings. The highest BCUT2D eigenvalue weighted by Crippen LogP contribution is 2.09. The van der Waals surface area contributed by atoms with Crippen LogP contribution in [-0.2, 0) is 0 Å². The minimum atomic E-state index is -1.22. The number of benzene rings is 5. The zero-order chi connectivity index (χ0) is 25.3. The Morgan fingerprint density at radius 3 is 1.11 bits per heavy atom. The van der Waals surface area contributed by atoms with Crippen molar-refractivity contribution in [3.63, 3.8) is 0 Å². The molecule has 5 aromatic carbocycles. The van der Waals surface area contributed by atoms with E-state index in [2.05, 4.69) is 163 Å². The van der Waals surface area contributed by atoms with Crippen molar-refractivity contribution in [1.29, 1.82) is 0 Å². The Morgan fingerprint density at radius 2 is 0.811 bits per heavy atom. The van der Waals surface area contributed by atoms with E-state index >= 15 is 0 Å². The van der Waals surface area contributed by atoms with Gasteiger partial charge < -0.3 is 0 Å². The molecule has 3 heteroatoms. The number of hydrogen-bond acceptors (Lipinski definition) is 1. The maximum Gasteiger partial charge on any atom is 0.277 e. The van der Waals surface area contributed by atoms with Gasteiger partial charge in [0.05, 0.1) is 12.6 Å². The zero-order valence-electron chi connectivity index (χ0n) is 21.4. The molecule has 1 heterocycles. The smallest absolute Gasteiger partial charge is 0.270 e. The summed E-state index contributed by atoms with van der Waals surface area (Å²) in [6, 6.07) is 54.0. The van der Waals surface area contributed by atoms with Gasteiger partial charge in [0.2, 0.25) is 0 Å². The van der Waals surface area contributed by atoms with Gasteiger partial charge in [0.25, 0.3) is 5.84 Å². The molecule has 0 saturated carbocycles. The highest BCUT2D eigenvalue weighted by molar-refractivity contribution is 7.19. The average Bonchev–Trinajstić information content (AvgIpc) is 3.42. The summed E-state index contributed by atoms with van der Waals surface area (Å²) in [5.74, 6) is 1.25. The quantitative estimate of drug-likeness (QED) is 0.299. The number of nitrogens with one attached hydrogen (secondary N) is 1. The van der Waals surface area contributed by atoms with Gasteiger partial charge in [-0.1, -0.05) is 140 Å². The molecule has 0 unspecified atom stereocenters. The van der Waals surface area contributed by atoms with Gasteiger partial charge in [-0.15, -0.1) is 0 Å². The van der Waals surface area contributed by atoms with E-state index in [-0.39, 0.29) is 0 Å². The fourth-order valence-corrected chi connectivity index (χ4v) is 5.63. The fourth-order valence-electron chi connectivity index (χ4n) is 5.63. The molecule has 0 radical (unpaired) electrons. The summed E-state index contributed by atoms with van der Waals surface area (Å²) in [4.78, 5) is 0. The van der Waals surface area contributed by atoms with Crippen LogP contribution in [0.25, 0.3) is 0 Å². The second-order valence-corrected chi connectivity index (χ2v) is 9.57. The summed E-state index contributed by atoms with van der Waals surface area (Å²) in [5, 5.41) is 3.37. The van der Waals surface area contributed by atoms with Crippen LogP contribution in [-0.4, -0.2) is 36.7 Å². The van der Waals surface area contributed by atoms with Crippen LogP contribution in [0.15, 0.2) is 152 Å². The van der Waals surface area contributed by atoms with Crippen LogP contribution >= 0.6 is 0 Å². The van der Waals surface area contributed by atoms with E-state index in [0.29, 0.717) is 0 Å². The predicted octanol–water partition coefficient (Wildman–Crippen LogP) is 3.74. The first-order chi connectivity index (χ1) is 18.3. The molecule has 1 aliphatic heterocycles. The average molecular weight is 480 g/mol. The molecule has 2 nitrogen and oxygen atoms in total. The molecular formula is C34H33BN2. The Bertz CT molecular complexity index is 1250. The molecule has 182 valence electrons. The van der Waals surface area contributed by atoms with Crippen molar-refractivity contribution in [3.05, 3.63) is 157 Å². The Hall–Kier alpha value is -4.37. The molecule has 0 aromatic heterocycles. The van der Waals surface area contributed by atoms with Crippen LogP contribution in [0, 0.1) is 0 Å². The molecule has 37 heavy (non-hydrogen) atoms. The Labute approximate surface area is 220 Å². The number of likely N-dealkylation sites (N-methyl/N-ethyl adjacent to an activating group) is 1. The molecule has 0 spiro atoms. The molecule has 0 atom stereocenters. The predicted molar refractivity (Wildman–Crippen MR) is 160 cm³/mol. The second kappa shape index (κ2) is 11.6. The Kier molecular flexibility index (Phi) is 7.62. The zero-order valence-corrected chi connectivity index (χ0v) is 21.4. The second-order valence-electron chi connectivity index (χ2n) is 9.57. The number of nitrogens with zero attached hydrogens (tertiary/aromatic N) is 1. The standard InChI is InChI=1S/C24H20B.C10H12N2/c1-5-13-21(14-6-1)25(22-15-7-2-8-16-22,23-17-9-3-10-18-23)24-19-11-4-12-20-24;1-12-8-7-11-10(12)9-5-3-2-4-6-9/h1-20H;2-6H,7-8H2,1H3/q-1;/p+1. The first-order valence-electron chi connectivity index (χ1n) is 13.0. The van der Waals surface area contributed by atoms with Crippen molar-refractivity contribution in [2.75, 3.05) is 20.1 Å². The third-order valence-electron chi connectivity index (χ3n) is 7.37. The van der Waals surface area contributed by atoms with Crippen molar-refractivity contribution in [2.24, 2.45) is 0 Å². The first-order valence-corrected chi connectivity index (χ1v) is 13.0. The van der Waals surface area contributed by atoms with Gasteiger partial charge in [-0.3, -0.25) is 9.89 Å². The Morgan fingerprint density at radius 1 is 0.486 bits per heavy atom. The van der Waals surface area contributed by atoms with Crippen LogP contribution < -0.4 is 27.2 Å². The van der Waals surface area contributed by atoms with Crippen molar-refractivity contribution in [1.82, 2.24) is 5.32 Å². The number of rotatable bonds is 5. The van der Waals surface area contributed by atoms with Crippen molar-refractivity contribution in [2.45, 2.75) is 0 Å². The van der Waals surface area contributed by atoms with Crippen LogP contribution in [0.5, 0.6) is 0 Å². The lowest BCUT2D eigenvalue weighted by molar-refractivity contribution is -0.485. The molecule has 0 saturated heterocycles. The van der Waals surface area contributed by atoms with Gasteiger partial charge in [0, 0.05) is 0 Å². The summed E-state index contributed by atoms with van der Waals surface area (Å²) < 4.78 is 2.25. The summed E-state index contributed by atoms with van der Waals surface area (Å²) in [5.41, 5.74) is 6.63. The van der Waals surface area contributed by atoms with Crippen LogP contribution in [0.2, 0.25) is 0 Å². The van der Waals surface area contributed by atoms with E-state index in [4.69, 9.17) is 0 Å². The van der Waals surface area contributed by atoms with Crippen LogP contribution in [0.4, 0.5) is 0 Å². The van der Waals surface area contributed by atoms with Crippen LogP contribution in [0.3, 0.4) is 0 Å². The minimum Gasteiger partial charge on any atom is -0.270 e. The van der Waals surface area contributed by atoms with Gasteiger partial charge in [-0.05, 0) is 12.1 Å². The maximum atomic E-state index is 3.37. The SMILES string of the molecule is C[N+]1=C(c2ccccc2)NCC1.c1ccc([B-](c2ccccc2)(c2ccccc2)c2ccccc2)cc1. The van der Waals surface area contributed by atoms with E-state index in [9.17, 15) is 0 Å². The summed E-state index contributed by atoms with van der Waals surface area (Å²) in [6.45, 7) is 2.16. The van der Waals surface area contributed by atoms with Gasteiger partial charge in [0.15, 0.2) is 0 Å². The normalized spacial score (nSPS) is 12.9. The molecule has 1 N–H and O–H groups in total. The van der Waals surface area contributed by atoms with E-state index in [1.54, 1.807) is 0 Å². The van der Waals surface area contributed by atoms with E-state index in [1.807, 2.05) is 6.07 Å². The lowest BCUT2D eigenvalue weighted by Crippen LogP contribution is -2.74. The fraction of sp³-hybridized carbons (Fsp3) is 0.0882. The monoisotopic (exact) mass is 480 g/mol. The van der Waals surface area contributed by atoms with Gasteiger partial charge >= 0.3 is 0 Å². The molecule has 0 bridgehead atoms. The number of amidine groups is 1. The summed E-state index contributed by atoms with van der Waals surface area (Å²) in [6.07, 6.45) is -1.22. The van der Waals surface area contributed by atoms with Crippen molar-refractivity contribution < 1.29 is 4.58 Å². The molecule has 6 rings (SSSR count). The van der Waals surface area contributed by atoms with E-state index in [0.717, 1.165) is 13.1 Å². The summed E-state index contributed by atoms with van der Waals surface area (Å²) in [7, 11) is 2.11. The first kappa shape index (κ1) is 24.3. The van der Waals surface area contributed by atoms with Crippen LogP contribution in [0.1, 0.15) is 5.56 Å². The largest absolute Gasteiger partial charge is 0.277 e. The van der Waals surface area contributed by atoms with Gasteiger partial charge in [-0.25, -0.2) is 0 Å². The van der Waals surface area contributed by atoms with E-state index in [1.165, 1.54) is 33.3 Å². The Balaban J connectivity index is 0.000000195. The topological polar surface area (TPSA) is 15.0 Å². The molecule has 0 amide bonds. The van der Waals surface area contributed by atoms with Gasteiger partial charge in [0.1, 0.15) is 19.2 Å². The third-order valence-corrected chi connectivity index (χ3v) is 7.37. The lowest BCUT2D eigenvalue weighted by Gasteiger charge is -2.44. The number of hydrogen-bond donors (Lipinski definition) is 1. The maximum absolute atomic E-state index is 3.37. The highest BCUT2D eigenvalue weighted by Gasteiger charge is 2.31. The third kappa shape index (κ3) is 5.12. The molecule has 0 aliphatic carbocycles. The van der Waals surface area contributed by atoms with Crippen molar-refractivity contribution >= 4 is 33.8 Å². The molecule has 5 aromatic rings. The van der Waals surface area contributed by atoms with Crippen molar-refractivity contribution in [3.8, 4) is 0 Å². The minimum absolute atomic E-state index is 1.06. The van der Waals surface area contributed by atoms with Gasteiger partial charge in [-0.2, -0.15) is 21.9 Å². The lowest BCUT2D eigenvalue weighted by atomic mass is 9.13. The highest BCUT2D eigenvalue weighted by atomic mass is 15.2. The van der Waals surface area contributed by atoms with E-state index < -0.39 is 6.15 Å².